The van der Waals surface area contributed by atoms with Gasteiger partial charge in [0.25, 0.3) is 5.95 Å². The van der Waals surface area contributed by atoms with Gasteiger partial charge >= 0.3 is 0 Å². The minimum absolute atomic E-state index is 0.139. The highest BCUT2D eigenvalue weighted by atomic mass is 19.2. The monoisotopic (exact) mass is 294 g/mol. The minimum atomic E-state index is -1.41. The molecule has 2 aromatic heterocycles. The maximum absolute atomic E-state index is 13.8. The summed E-state index contributed by atoms with van der Waals surface area (Å²) in [5.41, 5.74) is -0.984. The summed E-state index contributed by atoms with van der Waals surface area (Å²) in [6.45, 7) is 0. The largest absolute Gasteiger partial charge is 0.298 e. The lowest BCUT2D eigenvalue weighted by atomic mass is 10.2. The Bertz CT molecular complexity index is 921. The van der Waals surface area contributed by atoms with Crippen molar-refractivity contribution in [2.24, 2.45) is 0 Å². The van der Waals surface area contributed by atoms with Crippen LogP contribution in [0.2, 0.25) is 0 Å². The summed E-state index contributed by atoms with van der Waals surface area (Å²) in [6.07, 6.45) is 1.16. The summed E-state index contributed by atoms with van der Waals surface area (Å²) in [4.78, 5) is 15.0. The van der Waals surface area contributed by atoms with Crippen LogP contribution in [0.3, 0.4) is 0 Å². The Morgan fingerprint density at radius 1 is 0.952 bits per heavy atom. The van der Waals surface area contributed by atoms with Crippen molar-refractivity contribution in [1.82, 2.24) is 9.55 Å². The van der Waals surface area contributed by atoms with Crippen molar-refractivity contribution in [2.45, 2.75) is 0 Å². The molecule has 0 amide bonds. The molecule has 0 radical (unpaired) electrons. The summed E-state index contributed by atoms with van der Waals surface area (Å²) < 4.78 is 54.3. The third kappa shape index (κ3) is 2.16. The van der Waals surface area contributed by atoms with Crippen LogP contribution < -0.4 is 5.43 Å². The molecule has 0 atom stereocenters. The highest BCUT2D eigenvalue weighted by Crippen LogP contribution is 2.19. The lowest BCUT2D eigenvalue weighted by Gasteiger charge is -2.11. The number of benzene rings is 1. The second kappa shape index (κ2) is 4.69. The first-order valence-electron chi connectivity index (χ1n) is 5.80. The van der Waals surface area contributed by atoms with Crippen molar-refractivity contribution < 1.29 is 17.6 Å². The smallest absolute Gasteiger partial charge is 0.250 e. The molecule has 3 aromatic rings. The summed E-state index contributed by atoms with van der Waals surface area (Å²) in [5, 5.41) is -0.208. The molecule has 0 bridgehead atoms. The van der Waals surface area contributed by atoms with Crippen LogP contribution in [0.5, 0.6) is 0 Å². The Kier molecular flexibility index (Phi) is 2.97. The predicted molar refractivity (Wildman–Crippen MR) is 67.2 cm³/mol. The first-order chi connectivity index (χ1) is 9.97. The van der Waals surface area contributed by atoms with Gasteiger partial charge in [0, 0.05) is 18.3 Å². The molecule has 0 aliphatic heterocycles. The maximum Gasteiger partial charge on any atom is 0.250 e. The van der Waals surface area contributed by atoms with E-state index in [1.54, 1.807) is 0 Å². The molecule has 7 heteroatoms. The van der Waals surface area contributed by atoms with Gasteiger partial charge in [0.15, 0.2) is 16.9 Å². The normalized spacial score (nSPS) is 11.0. The van der Waals surface area contributed by atoms with Crippen LogP contribution in [0.25, 0.3) is 16.7 Å². The molecule has 3 nitrogen and oxygen atoms in total. The Morgan fingerprint density at radius 2 is 1.71 bits per heavy atom. The number of aromatic nitrogens is 2. The molecule has 21 heavy (non-hydrogen) atoms. The standard InChI is InChI=1S/C14H6F4N2O/c15-7-1-2-11(9(16)5-7)20-4-3-12(21)8-6-10(17)13(18)19-14(8)20/h1-6H. The zero-order valence-electron chi connectivity index (χ0n) is 10.3. The number of pyridine rings is 2. The van der Waals surface area contributed by atoms with Crippen LogP contribution in [0.1, 0.15) is 0 Å². The molecule has 0 spiro atoms. The van der Waals surface area contributed by atoms with Crippen molar-refractivity contribution in [3.63, 3.8) is 0 Å². The minimum Gasteiger partial charge on any atom is -0.298 e. The van der Waals surface area contributed by atoms with Gasteiger partial charge in [0.05, 0.1) is 11.1 Å². The number of hydrogen-bond acceptors (Lipinski definition) is 2. The summed E-state index contributed by atoms with van der Waals surface area (Å²) in [7, 11) is 0. The lowest BCUT2D eigenvalue weighted by Crippen LogP contribution is -2.11. The first kappa shape index (κ1) is 13.3. The van der Waals surface area contributed by atoms with Gasteiger partial charge in [-0.2, -0.15) is 9.37 Å². The summed E-state index contributed by atoms with van der Waals surface area (Å²) in [6, 6.07) is 4.50. The van der Waals surface area contributed by atoms with E-state index in [1.807, 2.05) is 0 Å². The number of hydrogen-bond donors (Lipinski definition) is 0. The fraction of sp³-hybridized carbons (Fsp3) is 0. The molecular formula is C14H6F4N2O. The molecule has 0 unspecified atom stereocenters. The van der Waals surface area contributed by atoms with Gasteiger partial charge in [-0.05, 0) is 18.2 Å². The number of nitrogens with zero attached hydrogens (tertiary/aromatic N) is 2. The predicted octanol–water partition coefficient (Wildman–Crippen LogP) is 2.94. The average Bonchev–Trinajstić information content (AvgIpc) is 2.43. The van der Waals surface area contributed by atoms with E-state index in [9.17, 15) is 22.4 Å². The molecule has 0 saturated carbocycles. The van der Waals surface area contributed by atoms with E-state index in [2.05, 4.69) is 4.98 Å². The molecule has 0 aliphatic carbocycles. The molecule has 0 fully saturated rings. The van der Waals surface area contributed by atoms with E-state index in [0.717, 1.165) is 29.0 Å². The SMILES string of the molecule is O=c1ccn(-c2ccc(F)cc2F)c2nc(F)c(F)cc12. The highest BCUT2D eigenvalue weighted by molar-refractivity contribution is 5.76. The quantitative estimate of drug-likeness (QED) is 0.511. The van der Waals surface area contributed by atoms with Crippen molar-refractivity contribution >= 4 is 11.0 Å². The second-order valence-corrected chi connectivity index (χ2v) is 4.28. The molecule has 1 aromatic carbocycles. The zero-order chi connectivity index (χ0) is 15.1. The Labute approximate surface area is 115 Å². The van der Waals surface area contributed by atoms with Gasteiger partial charge in [0.2, 0.25) is 0 Å². The van der Waals surface area contributed by atoms with E-state index in [4.69, 9.17) is 0 Å². The van der Waals surface area contributed by atoms with Crippen molar-refractivity contribution in [3.8, 4) is 5.69 Å². The second-order valence-electron chi connectivity index (χ2n) is 4.28. The van der Waals surface area contributed by atoms with Gasteiger partial charge in [-0.25, -0.2) is 13.2 Å². The number of fused-ring (bicyclic) bond motifs is 1. The summed E-state index contributed by atoms with van der Waals surface area (Å²) in [5.74, 6) is -4.40. The van der Waals surface area contributed by atoms with Crippen LogP contribution in [0, 0.1) is 23.4 Å². The van der Waals surface area contributed by atoms with Gasteiger partial charge in [-0.15, -0.1) is 0 Å². The molecule has 0 N–H and O–H groups in total. The van der Waals surface area contributed by atoms with Gasteiger partial charge in [-0.3, -0.25) is 9.36 Å². The Balaban J connectivity index is 2.41. The topological polar surface area (TPSA) is 34.9 Å². The lowest BCUT2D eigenvalue weighted by molar-refractivity contribution is 0.482. The third-order valence-corrected chi connectivity index (χ3v) is 2.95. The van der Waals surface area contributed by atoms with Crippen molar-refractivity contribution in [3.05, 3.63) is 70.2 Å². The molecular weight excluding hydrogens is 288 g/mol. The van der Waals surface area contributed by atoms with Gasteiger partial charge in [-0.1, -0.05) is 0 Å². The van der Waals surface area contributed by atoms with Crippen LogP contribution in [0.4, 0.5) is 17.6 Å². The van der Waals surface area contributed by atoms with Crippen LogP contribution in [0.15, 0.2) is 41.3 Å². The van der Waals surface area contributed by atoms with Crippen molar-refractivity contribution in [1.29, 1.82) is 0 Å². The number of halogens is 4. The molecule has 3 rings (SSSR count). The van der Waals surface area contributed by atoms with E-state index in [1.165, 1.54) is 0 Å². The van der Waals surface area contributed by atoms with Crippen LogP contribution in [-0.4, -0.2) is 9.55 Å². The molecule has 0 saturated heterocycles. The van der Waals surface area contributed by atoms with E-state index in [0.29, 0.717) is 12.1 Å². The molecule has 0 aliphatic rings. The molecule has 2 heterocycles. The fourth-order valence-electron chi connectivity index (χ4n) is 2.00. The fourth-order valence-corrected chi connectivity index (χ4v) is 2.00. The Hall–Kier alpha value is -2.70. The molecule has 106 valence electrons. The third-order valence-electron chi connectivity index (χ3n) is 2.95. The van der Waals surface area contributed by atoms with Crippen LogP contribution >= 0.6 is 0 Å². The van der Waals surface area contributed by atoms with Crippen LogP contribution in [-0.2, 0) is 0 Å². The van der Waals surface area contributed by atoms with Crippen molar-refractivity contribution in [2.75, 3.05) is 0 Å². The van der Waals surface area contributed by atoms with E-state index >= 15 is 0 Å². The van der Waals surface area contributed by atoms with Gasteiger partial charge < -0.3 is 0 Å². The Morgan fingerprint density at radius 3 is 2.43 bits per heavy atom. The summed E-state index contributed by atoms with van der Waals surface area (Å²) >= 11 is 0. The van der Waals surface area contributed by atoms with E-state index in [-0.39, 0.29) is 16.7 Å². The van der Waals surface area contributed by atoms with Gasteiger partial charge in [0.1, 0.15) is 11.6 Å². The first-order valence-corrected chi connectivity index (χ1v) is 5.80. The number of rotatable bonds is 1. The van der Waals surface area contributed by atoms with E-state index < -0.39 is 28.8 Å². The highest BCUT2D eigenvalue weighted by Gasteiger charge is 2.14. The average molecular weight is 294 g/mol. The zero-order valence-corrected chi connectivity index (χ0v) is 10.3. The maximum atomic E-state index is 13.8.